The number of aromatic nitrogens is 1. The zero-order valence-electron chi connectivity index (χ0n) is 17.6. The van der Waals surface area contributed by atoms with Gasteiger partial charge in [-0.1, -0.05) is 24.3 Å². The average Bonchev–Trinajstić information content (AvgIpc) is 3.26. The molecule has 0 atom stereocenters. The maximum Gasteiger partial charge on any atom is 0.347 e. The van der Waals surface area contributed by atoms with Gasteiger partial charge in [-0.2, -0.15) is 0 Å². The molecule has 30 heavy (non-hydrogen) atoms. The number of hydrogen-bond acceptors (Lipinski definition) is 5. The van der Waals surface area contributed by atoms with Crippen LogP contribution in [0.4, 0.5) is 0 Å². The first-order valence-corrected chi connectivity index (χ1v) is 11.3. The van der Waals surface area contributed by atoms with Crippen LogP contribution in [0.1, 0.15) is 72.9 Å². The van der Waals surface area contributed by atoms with E-state index >= 15 is 0 Å². The quantitative estimate of drug-likeness (QED) is 0.630. The molecule has 2 aromatic rings. The fraction of sp³-hybridized carbons (Fsp3) is 0.520. The van der Waals surface area contributed by atoms with E-state index in [1.54, 1.807) is 12.3 Å². The molecule has 1 aromatic heterocycles. The summed E-state index contributed by atoms with van der Waals surface area (Å²) in [4.78, 5) is 17.3. The Morgan fingerprint density at radius 1 is 0.900 bits per heavy atom. The van der Waals surface area contributed by atoms with Gasteiger partial charge in [0.25, 0.3) is 0 Å². The van der Waals surface area contributed by atoms with Crippen LogP contribution in [0.15, 0.2) is 36.5 Å². The maximum atomic E-state index is 13.0. The van der Waals surface area contributed by atoms with E-state index < -0.39 is 0 Å². The summed E-state index contributed by atoms with van der Waals surface area (Å²) < 4.78 is 17.7. The number of nitrogens with zero attached hydrogens (tertiary/aromatic N) is 1. The van der Waals surface area contributed by atoms with Gasteiger partial charge in [0.1, 0.15) is 11.9 Å². The van der Waals surface area contributed by atoms with Crippen molar-refractivity contribution in [2.75, 3.05) is 13.2 Å². The molecular formula is C25H31NO4. The Morgan fingerprint density at radius 2 is 1.60 bits per heavy atom. The predicted molar refractivity (Wildman–Crippen MR) is 115 cm³/mol. The molecule has 0 N–H and O–H groups in total. The van der Waals surface area contributed by atoms with Crippen molar-refractivity contribution in [3.8, 4) is 11.6 Å². The first-order valence-electron chi connectivity index (χ1n) is 11.3. The van der Waals surface area contributed by atoms with Crippen LogP contribution in [-0.2, 0) is 17.6 Å². The van der Waals surface area contributed by atoms with E-state index in [9.17, 15) is 4.79 Å². The zero-order chi connectivity index (χ0) is 20.6. The highest BCUT2D eigenvalue weighted by atomic mass is 16.6. The molecule has 1 aromatic carbocycles. The van der Waals surface area contributed by atoms with Crippen LogP contribution in [0.5, 0.6) is 11.6 Å². The van der Waals surface area contributed by atoms with E-state index in [2.05, 4.69) is 29.2 Å². The first-order chi connectivity index (χ1) is 14.8. The van der Waals surface area contributed by atoms with Crippen molar-refractivity contribution in [3.63, 3.8) is 0 Å². The number of aryl methyl sites for hydroxylation is 2. The number of pyridine rings is 1. The van der Waals surface area contributed by atoms with E-state index in [0.29, 0.717) is 30.4 Å². The fourth-order valence-corrected chi connectivity index (χ4v) is 4.21. The monoisotopic (exact) mass is 409 g/mol. The number of esters is 1. The summed E-state index contributed by atoms with van der Waals surface area (Å²) in [6.07, 6.45) is 11.7. The van der Waals surface area contributed by atoms with Gasteiger partial charge >= 0.3 is 5.97 Å². The van der Waals surface area contributed by atoms with Gasteiger partial charge in [0.15, 0.2) is 5.56 Å². The lowest BCUT2D eigenvalue weighted by Gasteiger charge is -2.17. The molecule has 1 fully saturated rings. The van der Waals surface area contributed by atoms with Gasteiger partial charge in [-0.25, -0.2) is 9.78 Å². The Hall–Kier alpha value is -2.56. The molecule has 0 unspecified atom stereocenters. The number of rotatable bonds is 2. The number of ether oxygens (including phenoxy) is 3. The average molecular weight is 410 g/mol. The van der Waals surface area contributed by atoms with Gasteiger partial charge in [0, 0.05) is 6.20 Å². The number of benzene rings is 1. The van der Waals surface area contributed by atoms with Crippen molar-refractivity contribution in [1.82, 2.24) is 4.98 Å². The van der Waals surface area contributed by atoms with Crippen molar-refractivity contribution >= 4 is 5.97 Å². The first kappa shape index (κ1) is 20.7. The van der Waals surface area contributed by atoms with E-state index in [0.717, 1.165) is 64.2 Å². The molecule has 2 aliphatic rings. The zero-order valence-corrected chi connectivity index (χ0v) is 17.6. The van der Waals surface area contributed by atoms with Gasteiger partial charge < -0.3 is 14.2 Å². The largest absolute Gasteiger partial charge is 0.492 e. The molecule has 2 heterocycles. The smallest absolute Gasteiger partial charge is 0.347 e. The third-order valence-corrected chi connectivity index (χ3v) is 5.87. The summed E-state index contributed by atoms with van der Waals surface area (Å²) in [5.41, 5.74) is 3.08. The molecule has 5 heteroatoms. The van der Waals surface area contributed by atoms with Crippen LogP contribution < -0.4 is 9.47 Å². The summed E-state index contributed by atoms with van der Waals surface area (Å²) >= 11 is 0. The lowest BCUT2D eigenvalue weighted by atomic mass is 10.0. The third kappa shape index (κ3) is 5.53. The standard InChI is InChI=1S/C25H31NO4/c27-25(30-21-12-1-2-13-21)23-22-14-15-26-24(23)29-17-6-4-9-20-11-7-10-19(18-20)8-3-5-16-28-22/h7,10-11,14-15,18,21H,1-6,8-9,12-13,16-17H2. The topological polar surface area (TPSA) is 57.7 Å². The Bertz CT molecular complexity index is 797. The van der Waals surface area contributed by atoms with E-state index in [1.165, 1.54) is 11.1 Å². The summed E-state index contributed by atoms with van der Waals surface area (Å²) in [5.74, 6) is 0.456. The molecule has 1 aliphatic carbocycles. The summed E-state index contributed by atoms with van der Waals surface area (Å²) in [5, 5.41) is 0. The molecule has 5 nitrogen and oxygen atoms in total. The number of carbonyl (C=O) groups excluding carboxylic acids is 1. The summed E-state index contributed by atoms with van der Waals surface area (Å²) in [7, 11) is 0. The van der Waals surface area contributed by atoms with Gasteiger partial charge in [-0.15, -0.1) is 0 Å². The van der Waals surface area contributed by atoms with Crippen molar-refractivity contribution in [1.29, 1.82) is 0 Å². The minimum Gasteiger partial charge on any atom is -0.492 e. The Kier molecular flexibility index (Phi) is 7.22. The van der Waals surface area contributed by atoms with Gasteiger partial charge in [-0.05, 0) is 81.4 Å². The van der Waals surface area contributed by atoms with E-state index in [1.807, 2.05) is 0 Å². The van der Waals surface area contributed by atoms with E-state index in [-0.39, 0.29) is 12.1 Å². The number of carbonyl (C=O) groups is 1. The van der Waals surface area contributed by atoms with Crippen molar-refractivity contribution in [2.45, 2.75) is 70.3 Å². The molecular weight excluding hydrogens is 378 g/mol. The molecule has 0 saturated heterocycles. The van der Waals surface area contributed by atoms with Crippen LogP contribution in [0.3, 0.4) is 0 Å². The highest BCUT2D eigenvalue weighted by Gasteiger charge is 2.26. The van der Waals surface area contributed by atoms with Crippen LogP contribution in [0, 0.1) is 0 Å². The lowest BCUT2D eigenvalue weighted by Crippen LogP contribution is -2.18. The summed E-state index contributed by atoms with van der Waals surface area (Å²) in [6.45, 7) is 1.06. The molecule has 4 rings (SSSR count). The normalized spacial score (nSPS) is 18.3. The third-order valence-electron chi connectivity index (χ3n) is 5.87. The highest BCUT2D eigenvalue weighted by Crippen LogP contribution is 2.30. The van der Waals surface area contributed by atoms with Gasteiger partial charge in [-0.3, -0.25) is 0 Å². The lowest BCUT2D eigenvalue weighted by molar-refractivity contribution is 0.0307. The second-order valence-electron chi connectivity index (χ2n) is 8.23. The molecule has 1 saturated carbocycles. The van der Waals surface area contributed by atoms with Crippen LogP contribution in [0.2, 0.25) is 0 Å². The molecule has 4 bridgehead atoms. The van der Waals surface area contributed by atoms with Crippen LogP contribution >= 0.6 is 0 Å². The van der Waals surface area contributed by atoms with Gasteiger partial charge in [0.2, 0.25) is 5.88 Å². The Morgan fingerprint density at radius 3 is 2.33 bits per heavy atom. The molecule has 160 valence electrons. The predicted octanol–water partition coefficient (Wildman–Crippen LogP) is 5.30. The van der Waals surface area contributed by atoms with Crippen molar-refractivity contribution in [3.05, 3.63) is 53.2 Å². The minimum absolute atomic E-state index is 0.00900. The van der Waals surface area contributed by atoms with Gasteiger partial charge in [0.05, 0.1) is 13.2 Å². The second kappa shape index (κ2) is 10.5. The molecule has 0 spiro atoms. The SMILES string of the molecule is O=C(OC1CCCC1)c1c2ccnc1OCCCCc1cccc(c1)CCCCO2. The highest BCUT2D eigenvalue weighted by molar-refractivity contribution is 5.95. The minimum atomic E-state index is -0.379. The Balaban J connectivity index is 1.49. The molecule has 0 radical (unpaired) electrons. The number of fused-ring (bicyclic) bond motifs is 4. The Labute approximate surface area is 178 Å². The molecule has 1 aliphatic heterocycles. The van der Waals surface area contributed by atoms with Crippen LogP contribution in [-0.4, -0.2) is 30.3 Å². The van der Waals surface area contributed by atoms with Crippen LogP contribution in [0.25, 0.3) is 0 Å². The summed E-state index contributed by atoms with van der Waals surface area (Å²) in [6, 6.07) is 10.6. The maximum absolute atomic E-state index is 13.0. The number of hydrogen-bond donors (Lipinski definition) is 0. The molecule has 0 amide bonds. The second-order valence-corrected chi connectivity index (χ2v) is 8.23. The van der Waals surface area contributed by atoms with Crippen molar-refractivity contribution < 1.29 is 19.0 Å². The fourth-order valence-electron chi connectivity index (χ4n) is 4.21. The van der Waals surface area contributed by atoms with Crippen molar-refractivity contribution in [2.24, 2.45) is 0 Å². The van der Waals surface area contributed by atoms with E-state index in [4.69, 9.17) is 14.2 Å².